The molecule has 3 rings (SSSR count). The summed E-state index contributed by atoms with van der Waals surface area (Å²) < 4.78 is 10.4. The Bertz CT molecular complexity index is 861. The minimum absolute atomic E-state index is 0.0296. The highest BCUT2D eigenvalue weighted by Gasteiger charge is 2.25. The van der Waals surface area contributed by atoms with Crippen LogP contribution in [0.5, 0.6) is 5.75 Å². The van der Waals surface area contributed by atoms with Gasteiger partial charge in [-0.05, 0) is 36.6 Å². The van der Waals surface area contributed by atoms with Crippen LogP contribution >= 0.6 is 0 Å². The van der Waals surface area contributed by atoms with Gasteiger partial charge in [0.1, 0.15) is 12.4 Å². The van der Waals surface area contributed by atoms with Gasteiger partial charge in [-0.1, -0.05) is 36.4 Å². The molecule has 1 fully saturated rings. The van der Waals surface area contributed by atoms with E-state index in [0.717, 1.165) is 5.56 Å². The molecule has 1 heterocycles. The first-order valence-electron chi connectivity index (χ1n) is 9.56. The van der Waals surface area contributed by atoms with E-state index in [1.807, 2.05) is 30.3 Å². The van der Waals surface area contributed by atoms with Gasteiger partial charge < -0.3 is 19.7 Å². The molecule has 0 radical (unpaired) electrons. The molecule has 0 bridgehead atoms. The van der Waals surface area contributed by atoms with Crippen molar-refractivity contribution in [3.8, 4) is 5.75 Å². The number of rotatable bonds is 5. The van der Waals surface area contributed by atoms with Crippen LogP contribution in [0.3, 0.4) is 0 Å². The number of benzene rings is 2. The fourth-order valence-electron chi connectivity index (χ4n) is 3.15. The van der Waals surface area contributed by atoms with Gasteiger partial charge >= 0.3 is 12.1 Å². The average molecular weight is 396 g/mol. The van der Waals surface area contributed by atoms with Crippen LogP contribution in [0.25, 0.3) is 0 Å². The first kappa shape index (κ1) is 20.4. The Hall–Kier alpha value is -3.35. The summed E-state index contributed by atoms with van der Waals surface area (Å²) in [5.74, 6) is -0.334. The highest BCUT2D eigenvalue weighted by Crippen LogP contribution is 2.16. The second kappa shape index (κ2) is 9.73. The normalized spacial score (nSPS) is 14.2. The number of nitrogens with one attached hydrogen (secondary N) is 1. The Kier molecular flexibility index (Phi) is 6.84. The van der Waals surface area contributed by atoms with Crippen LogP contribution in [-0.2, 0) is 16.1 Å². The van der Waals surface area contributed by atoms with Crippen molar-refractivity contribution in [1.29, 1.82) is 0 Å². The Morgan fingerprint density at radius 2 is 1.76 bits per heavy atom. The third kappa shape index (κ3) is 6.07. The summed E-state index contributed by atoms with van der Waals surface area (Å²) in [6, 6.07) is 16.0. The van der Waals surface area contributed by atoms with Gasteiger partial charge in [-0.15, -0.1) is 0 Å². The van der Waals surface area contributed by atoms with Crippen LogP contribution in [0.15, 0.2) is 54.6 Å². The van der Waals surface area contributed by atoms with Gasteiger partial charge in [0.2, 0.25) is 0 Å². The van der Waals surface area contributed by atoms with E-state index >= 15 is 0 Å². The molecule has 1 saturated heterocycles. The van der Waals surface area contributed by atoms with E-state index in [-0.39, 0.29) is 24.6 Å². The zero-order valence-electron chi connectivity index (χ0n) is 16.3. The van der Waals surface area contributed by atoms with E-state index in [1.54, 1.807) is 23.1 Å². The predicted octanol–water partition coefficient (Wildman–Crippen LogP) is 3.14. The number of piperidine rings is 1. The lowest BCUT2D eigenvalue weighted by molar-refractivity contribution is -0.131. The van der Waals surface area contributed by atoms with Gasteiger partial charge in [0, 0.05) is 31.6 Å². The van der Waals surface area contributed by atoms with Crippen LogP contribution in [0.2, 0.25) is 0 Å². The first-order valence-corrected chi connectivity index (χ1v) is 9.56. The number of carbonyl (C=O) groups excluding carboxylic acids is 3. The Balaban J connectivity index is 1.45. The van der Waals surface area contributed by atoms with Crippen molar-refractivity contribution in [3.05, 3.63) is 65.7 Å². The molecule has 2 aromatic rings. The molecule has 1 aliphatic heterocycles. The summed E-state index contributed by atoms with van der Waals surface area (Å²) >= 11 is 0. The van der Waals surface area contributed by atoms with Gasteiger partial charge in [0.15, 0.2) is 0 Å². The second-order valence-electron chi connectivity index (χ2n) is 6.90. The highest BCUT2D eigenvalue weighted by molar-refractivity contribution is 5.94. The number of likely N-dealkylation sites (tertiary alicyclic amines) is 1. The molecule has 1 aliphatic rings. The van der Waals surface area contributed by atoms with E-state index in [4.69, 9.17) is 9.47 Å². The molecule has 0 atom stereocenters. The topological polar surface area (TPSA) is 84.9 Å². The third-order valence-corrected chi connectivity index (χ3v) is 4.65. The SMILES string of the molecule is CC(=O)Oc1cccc(C(=O)NC2CCN(C(=O)OCc3ccccc3)CC2)c1. The van der Waals surface area contributed by atoms with Crippen LogP contribution in [0.1, 0.15) is 35.7 Å². The van der Waals surface area contributed by atoms with E-state index in [9.17, 15) is 14.4 Å². The molecule has 29 heavy (non-hydrogen) atoms. The van der Waals surface area contributed by atoms with Crippen LogP contribution in [-0.4, -0.2) is 42.0 Å². The van der Waals surface area contributed by atoms with Crippen molar-refractivity contribution >= 4 is 18.0 Å². The molecule has 7 heteroatoms. The van der Waals surface area contributed by atoms with Crippen molar-refractivity contribution in [1.82, 2.24) is 10.2 Å². The van der Waals surface area contributed by atoms with E-state index in [1.165, 1.54) is 13.0 Å². The third-order valence-electron chi connectivity index (χ3n) is 4.65. The molecule has 2 amide bonds. The van der Waals surface area contributed by atoms with Gasteiger partial charge in [0.05, 0.1) is 0 Å². The Morgan fingerprint density at radius 1 is 1.03 bits per heavy atom. The molecule has 152 valence electrons. The number of nitrogens with zero attached hydrogens (tertiary/aromatic N) is 1. The quantitative estimate of drug-likeness (QED) is 0.620. The van der Waals surface area contributed by atoms with E-state index < -0.39 is 5.97 Å². The average Bonchev–Trinajstić information content (AvgIpc) is 2.73. The molecule has 0 spiro atoms. The van der Waals surface area contributed by atoms with Gasteiger partial charge in [-0.3, -0.25) is 9.59 Å². The van der Waals surface area contributed by atoms with Gasteiger partial charge in [-0.2, -0.15) is 0 Å². The van der Waals surface area contributed by atoms with Crippen molar-refractivity contribution < 1.29 is 23.9 Å². The van der Waals surface area contributed by atoms with Crippen molar-refractivity contribution in [2.24, 2.45) is 0 Å². The summed E-state index contributed by atoms with van der Waals surface area (Å²) in [5, 5.41) is 2.97. The molecule has 0 aliphatic carbocycles. The summed E-state index contributed by atoms with van der Waals surface area (Å²) in [6.07, 6.45) is 0.957. The van der Waals surface area contributed by atoms with Crippen LogP contribution in [0, 0.1) is 0 Å². The summed E-state index contributed by atoms with van der Waals surface area (Å²) in [6.45, 7) is 2.60. The smallest absolute Gasteiger partial charge is 0.410 e. The first-order chi connectivity index (χ1) is 14.0. The minimum Gasteiger partial charge on any atom is -0.445 e. The lowest BCUT2D eigenvalue weighted by Crippen LogP contribution is -2.46. The number of amides is 2. The summed E-state index contributed by atoms with van der Waals surface area (Å²) in [4.78, 5) is 37.4. The largest absolute Gasteiger partial charge is 0.445 e. The minimum atomic E-state index is -0.436. The lowest BCUT2D eigenvalue weighted by atomic mass is 10.0. The number of hydrogen-bond acceptors (Lipinski definition) is 5. The van der Waals surface area contributed by atoms with E-state index in [0.29, 0.717) is 37.2 Å². The van der Waals surface area contributed by atoms with Crippen molar-refractivity contribution in [2.75, 3.05) is 13.1 Å². The molecular formula is C22H24N2O5. The van der Waals surface area contributed by atoms with Gasteiger partial charge in [0.25, 0.3) is 5.91 Å². The van der Waals surface area contributed by atoms with Crippen LogP contribution in [0.4, 0.5) is 4.79 Å². The molecule has 1 N–H and O–H groups in total. The van der Waals surface area contributed by atoms with Crippen molar-refractivity contribution in [3.63, 3.8) is 0 Å². The Morgan fingerprint density at radius 3 is 2.45 bits per heavy atom. The zero-order chi connectivity index (χ0) is 20.6. The number of carbonyl (C=O) groups is 3. The molecule has 7 nitrogen and oxygen atoms in total. The summed E-state index contributed by atoms with van der Waals surface area (Å²) in [5.41, 5.74) is 1.37. The monoisotopic (exact) mass is 396 g/mol. The fourth-order valence-corrected chi connectivity index (χ4v) is 3.15. The molecular weight excluding hydrogens is 372 g/mol. The number of hydrogen-bond donors (Lipinski definition) is 1. The predicted molar refractivity (Wildman–Crippen MR) is 106 cm³/mol. The summed E-state index contributed by atoms with van der Waals surface area (Å²) in [7, 11) is 0. The maximum Gasteiger partial charge on any atom is 0.410 e. The van der Waals surface area contributed by atoms with Crippen LogP contribution < -0.4 is 10.1 Å². The lowest BCUT2D eigenvalue weighted by Gasteiger charge is -2.31. The maximum atomic E-state index is 12.5. The standard InChI is InChI=1S/C22H24N2O5/c1-16(25)29-20-9-5-8-18(14-20)21(26)23-19-10-12-24(13-11-19)22(27)28-15-17-6-3-2-4-7-17/h2-9,14,19H,10-13,15H2,1H3,(H,23,26). The maximum absolute atomic E-state index is 12.5. The molecule has 0 unspecified atom stereocenters. The molecule has 0 saturated carbocycles. The number of esters is 1. The Labute approximate surface area is 169 Å². The van der Waals surface area contributed by atoms with Crippen molar-refractivity contribution in [2.45, 2.75) is 32.4 Å². The molecule has 0 aromatic heterocycles. The highest BCUT2D eigenvalue weighted by atomic mass is 16.6. The zero-order valence-corrected chi connectivity index (χ0v) is 16.3. The second-order valence-corrected chi connectivity index (χ2v) is 6.90. The van der Waals surface area contributed by atoms with E-state index in [2.05, 4.69) is 5.32 Å². The number of ether oxygens (including phenoxy) is 2. The van der Waals surface area contributed by atoms with Gasteiger partial charge in [-0.25, -0.2) is 4.79 Å². The fraction of sp³-hybridized carbons (Fsp3) is 0.318. The molecule has 2 aromatic carbocycles.